The van der Waals surface area contributed by atoms with Crippen LogP contribution in [0.25, 0.3) is 10.2 Å². The fraction of sp³-hybridized carbons (Fsp3) is 0.417. The van der Waals surface area contributed by atoms with Gasteiger partial charge in [-0.3, -0.25) is 14.3 Å². The Morgan fingerprint density at radius 3 is 3.00 bits per heavy atom. The first-order valence-corrected chi connectivity index (χ1v) is 6.68. The molecule has 0 aromatic carbocycles. The Hall–Kier alpha value is -1.87. The van der Waals surface area contributed by atoms with E-state index in [1.807, 2.05) is 6.07 Å². The Kier molecular flexibility index (Phi) is 2.56. The van der Waals surface area contributed by atoms with Crippen LogP contribution in [0.4, 0.5) is 0 Å². The summed E-state index contributed by atoms with van der Waals surface area (Å²) in [6.07, 6.45) is 3.15. The second-order valence-corrected chi connectivity index (χ2v) is 5.46. The lowest BCUT2D eigenvalue weighted by Gasteiger charge is -2.02. The van der Waals surface area contributed by atoms with E-state index in [4.69, 9.17) is 5.26 Å². The van der Waals surface area contributed by atoms with Crippen LogP contribution >= 0.6 is 11.3 Å². The predicted octanol–water partition coefficient (Wildman–Crippen LogP) is 1.15. The van der Waals surface area contributed by atoms with E-state index in [2.05, 4.69) is 4.98 Å². The second-order valence-electron chi connectivity index (χ2n) is 4.36. The van der Waals surface area contributed by atoms with Crippen molar-refractivity contribution in [2.75, 3.05) is 0 Å². The Balaban J connectivity index is 2.30. The quantitative estimate of drug-likeness (QED) is 0.880. The molecule has 0 aliphatic heterocycles. The molecule has 0 fully saturated rings. The Labute approximate surface area is 106 Å². The fourth-order valence-corrected chi connectivity index (χ4v) is 3.75. The summed E-state index contributed by atoms with van der Waals surface area (Å²) in [4.78, 5) is 28.8. The third-order valence-electron chi connectivity index (χ3n) is 3.29. The van der Waals surface area contributed by atoms with Crippen molar-refractivity contribution in [3.8, 4) is 6.07 Å². The number of hydrogen-bond donors (Lipinski definition) is 1. The molecule has 0 amide bonds. The van der Waals surface area contributed by atoms with Crippen molar-refractivity contribution in [1.82, 2.24) is 9.55 Å². The van der Waals surface area contributed by atoms with Gasteiger partial charge in [0.2, 0.25) is 0 Å². The number of nitrogens with one attached hydrogen (secondary N) is 1. The lowest BCUT2D eigenvalue weighted by Crippen LogP contribution is -2.34. The van der Waals surface area contributed by atoms with E-state index in [9.17, 15) is 9.59 Å². The Morgan fingerprint density at radius 2 is 2.22 bits per heavy atom. The first kappa shape index (κ1) is 11.2. The fourth-order valence-electron chi connectivity index (χ4n) is 2.48. The van der Waals surface area contributed by atoms with Gasteiger partial charge in [0, 0.05) is 11.4 Å². The van der Waals surface area contributed by atoms with Gasteiger partial charge in [0.15, 0.2) is 0 Å². The SMILES string of the molecule is N#CCCn1c(=O)[nH]c2sc3c(c2c1=O)CCC3. The highest BCUT2D eigenvalue weighted by molar-refractivity contribution is 7.18. The average molecular weight is 261 g/mol. The van der Waals surface area contributed by atoms with Gasteiger partial charge in [-0.2, -0.15) is 5.26 Å². The maximum absolute atomic E-state index is 12.3. The molecule has 1 aliphatic carbocycles. The highest BCUT2D eigenvalue weighted by Gasteiger charge is 2.21. The van der Waals surface area contributed by atoms with Crippen molar-refractivity contribution in [3.63, 3.8) is 0 Å². The lowest BCUT2D eigenvalue weighted by atomic mass is 10.2. The summed E-state index contributed by atoms with van der Waals surface area (Å²) in [5.74, 6) is 0. The van der Waals surface area contributed by atoms with Gasteiger partial charge in [-0.15, -0.1) is 11.3 Å². The van der Waals surface area contributed by atoms with E-state index in [0.29, 0.717) is 10.2 Å². The number of hydrogen-bond acceptors (Lipinski definition) is 4. The van der Waals surface area contributed by atoms with Gasteiger partial charge in [0.25, 0.3) is 5.56 Å². The third kappa shape index (κ3) is 1.51. The molecule has 0 radical (unpaired) electrons. The van der Waals surface area contributed by atoms with Gasteiger partial charge in [0.05, 0.1) is 17.9 Å². The molecule has 0 bridgehead atoms. The summed E-state index contributed by atoms with van der Waals surface area (Å²) >= 11 is 1.51. The van der Waals surface area contributed by atoms with Crippen LogP contribution in [0.5, 0.6) is 0 Å². The summed E-state index contributed by atoms with van der Waals surface area (Å²) in [6, 6.07) is 1.95. The maximum Gasteiger partial charge on any atom is 0.329 e. The molecule has 2 aromatic heterocycles. The second kappa shape index (κ2) is 4.10. The van der Waals surface area contributed by atoms with Crippen molar-refractivity contribution in [2.45, 2.75) is 32.2 Å². The Morgan fingerprint density at radius 1 is 1.39 bits per heavy atom. The van der Waals surface area contributed by atoms with Crippen LogP contribution in [-0.2, 0) is 19.4 Å². The topological polar surface area (TPSA) is 78.7 Å². The minimum absolute atomic E-state index is 0.158. The number of aromatic amines is 1. The molecule has 5 nitrogen and oxygen atoms in total. The zero-order valence-corrected chi connectivity index (χ0v) is 10.5. The number of rotatable bonds is 2. The summed E-state index contributed by atoms with van der Waals surface area (Å²) in [7, 11) is 0. The van der Waals surface area contributed by atoms with Crippen LogP contribution in [-0.4, -0.2) is 9.55 Å². The van der Waals surface area contributed by atoms with E-state index >= 15 is 0 Å². The van der Waals surface area contributed by atoms with E-state index in [0.717, 1.165) is 29.4 Å². The highest BCUT2D eigenvalue weighted by Crippen LogP contribution is 2.33. The molecular formula is C12H11N3O2S. The van der Waals surface area contributed by atoms with E-state index in [-0.39, 0.29) is 18.5 Å². The van der Waals surface area contributed by atoms with Gasteiger partial charge < -0.3 is 0 Å². The standard InChI is InChI=1S/C12H11N3O2S/c13-5-2-6-15-11(16)9-7-3-1-4-8(7)18-10(9)14-12(15)17/h1-4,6H2,(H,14,17). The van der Waals surface area contributed by atoms with Crippen LogP contribution in [0.15, 0.2) is 9.59 Å². The third-order valence-corrected chi connectivity index (χ3v) is 4.50. The molecule has 18 heavy (non-hydrogen) atoms. The number of H-pyrrole nitrogens is 1. The molecule has 0 spiro atoms. The lowest BCUT2D eigenvalue weighted by molar-refractivity contribution is 0.650. The molecular weight excluding hydrogens is 250 g/mol. The van der Waals surface area contributed by atoms with Gasteiger partial charge in [-0.05, 0) is 24.8 Å². The number of nitriles is 1. The van der Waals surface area contributed by atoms with Crippen LogP contribution in [0.2, 0.25) is 0 Å². The number of aryl methyl sites for hydroxylation is 2. The van der Waals surface area contributed by atoms with Crippen molar-refractivity contribution >= 4 is 21.6 Å². The molecule has 6 heteroatoms. The molecule has 2 heterocycles. The molecule has 0 saturated carbocycles. The predicted molar refractivity (Wildman–Crippen MR) is 69.0 cm³/mol. The zero-order chi connectivity index (χ0) is 12.7. The van der Waals surface area contributed by atoms with Crippen LogP contribution < -0.4 is 11.2 Å². The first-order chi connectivity index (χ1) is 8.72. The minimum Gasteiger partial charge on any atom is -0.298 e. The number of thiophene rings is 1. The molecule has 92 valence electrons. The highest BCUT2D eigenvalue weighted by atomic mass is 32.1. The number of nitrogens with zero attached hydrogens (tertiary/aromatic N) is 2. The number of fused-ring (bicyclic) bond motifs is 3. The minimum atomic E-state index is -0.414. The van der Waals surface area contributed by atoms with Crippen molar-refractivity contribution in [2.24, 2.45) is 0 Å². The molecule has 0 saturated heterocycles. The van der Waals surface area contributed by atoms with Crippen LogP contribution in [0.1, 0.15) is 23.3 Å². The summed E-state index contributed by atoms with van der Waals surface area (Å²) in [5, 5.41) is 9.22. The van der Waals surface area contributed by atoms with Crippen molar-refractivity contribution in [1.29, 1.82) is 5.26 Å². The van der Waals surface area contributed by atoms with Crippen LogP contribution in [0.3, 0.4) is 0 Å². The van der Waals surface area contributed by atoms with Gasteiger partial charge in [0.1, 0.15) is 4.83 Å². The molecule has 0 unspecified atom stereocenters. The smallest absolute Gasteiger partial charge is 0.298 e. The molecule has 1 N–H and O–H groups in total. The van der Waals surface area contributed by atoms with E-state index in [1.54, 1.807) is 0 Å². The van der Waals surface area contributed by atoms with E-state index in [1.165, 1.54) is 16.2 Å². The van der Waals surface area contributed by atoms with E-state index < -0.39 is 5.69 Å². The molecule has 1 aliphatic rings. The van der Waals surface area contributed by atoms with Gasteiger partial charge in [-0.1, -0.05) is 0 Å². The average Bonchev–Trinajstić information content (AvgIpc) is 2.88. The molecule has 0 atom stereocenters. The van der Waals surface area contributed by atoms with Crippen molar-refractivity contribution < 1.29 is 0 Å². The molecule has 3 rings (SSSR count). The largest absolute Gasteiger partial charge is 0.329 e. The first-order valence-electron chi connectivity index (χ1n) is 5.86. The number of aromatic nitrogens is 2. The summed E-state index contributed by atoms with van der Waals surface area (Å²) in [5.41, 5.74) is 0.438. The Bertz CT molecular complexity index is 775. The van der Waals surface area contributed by atoms with Gasteiger partial charge in [-0.25, -0.2) is 4.79 Å². The zero-order valence-electron chi connectivity index (χ0n) is 9.65. The normalized spacial score (nSPS) is 13.7. The summed E-state index contributed by atoms with van der Waals surface area (Å²) in [6.45, 7) is 0.158. The summed E-state index contributed by atoms with van der Waals surface area (Å²) < 4.78 is 1.14. The van der Waals surface area contributed by atoms with Crippen LogP contribution in [0, 0.1) is 11.3 Å². The van der Waals surface area contributed by atoms with Crippen molar-refractivity contribution in [3.05, 3.63) is 31.3 Å². The maximum atomic E-state index is 12.3. The monoisotopic (exact) mass is 261 g/mol. The molecule has 2 aromatic rings. The van der Waals surface area contributed by atoms with Gasteiger partial charge >= 0.3 is 5.69 Å².